The highest BCUT2D eigenvalue weighted by Gasteiger charge is 2.57. The molecule has 0 atom stereocenters. The Morgan fingerprint density at radius 2 is 0.899 bits per heavy atom. The van der Waals surface area contributed by atoms with Crippen molar-refractivity contribution in [1.29, 1.82) is 0 Å². The third-order valence-corrected chi connectivity index (χ3v) is 16.5. The van der Waals surface area contributed by atoms with Gasteiger partial charge in [0.05, 0.1) is 22.1 Å². The Labute approximate surface area is 402 Å². The fraction of sp³-hybridized carbons (Fsp3) is 0.141. The second-order valence-electron chi connectivity index (χ2n) is 20.5. The van der Waals surface area contributed by atoms with Crippen LogP contribution in [0.1, 0.15) is 52.7 Å². The minimum atomic E-state index is 0.0148. The summed E-state index contributed by atoms with van der Waals surface area (Å²) >= 11 is 0. The first kappa shape index (κ1) is 41.1. The smallest absolute Gasteiger partial charge is 0.238 e. The van der Waals surface area contributed by atoms with E-state index < -0.39 is 0 Å². The van der Waals surface area contributed by atoms with Gasteiger partial charge in [-0.15, -0.1) is 0 Å². The Kier molecular flexibility index (Phi) is 8.88. The molecule has 0 aliphatic heterocycles. The maximum Gasteiger partial charge on any atom is 0.238 e. The molecule has 0 saturated carbocycles. The number of fused-ring (bicyclic) bond motifs is 9. The molecule has 0 bridgehead atoms. The Bertz CT molecular complexity index is 4020. The average Bonchev–Trinajstić information content (AvgIpc) is 3.94. The van der Waals surface area contributed by atoms with Crippen LogP contribution in [-0.4, -0.2) is 24.1 Å². The SMILES string of the molecule is CC1(C)c2cccc(-c3ccc(-c4ccc(-n5c6ccccc6c6ccc7c8ccccc8n(-c8nc(-c9ccccc9)nc(-c9ccc%10ccccc%10c9)n8)c7c65)cc4)cc3)c2C(C)(C)C1(C)C. The molecule has 69 heavy (non-hydrogen) atoms. The van der Waals surface area contributed by atoms with Gasteiger partial charge >= 0.3 is 0 Å². The number of para-hydroxylation sites is 2. The highest BCUT2D eigenvalue weighted by Crippen LogP contribution is 2.63. The van der Waals surface area contributed by atoms with Gasteiger partial charge in [0.1, 0.15) is 0 Å². The molecular weight excluding hydrogens is 839 g/mol. The number of hydrogen-bond acceptors (Lipinski definition) is 3. The zero-order valence-electron chi connectivity index (χ0n) is 39.8. The summed E-state index contributed by atoms with van der Waals surface area (Å²) in [7, 11) is 0. The van der Waals surface area contributed by atoms with E-state index >= 15 is 0 Å². The van der Waals surface area contributed by atoms with Crippen LogP contribution in [0.3, 0.4) is 0 Å². The van der Waals surface area contributed by atoms with Crippen molar-refractivity contribution in [3.8, 4) is 56.7 Å². The molecule has 12 aromatic rings. The molecule has 0 fully saturated rings. The number of benzene rings is 9. The Morgan fingerprint density at radius 1 is 0.362 bits per heavy atom. The lowest BCUT2D eigenvalue weighted by molar-refractivity contribution is 0.125. The molecule has 3 aromatic heterocycles. The summed E-state index contributed by atoms with van der Waals surface area (Å²) in [4.78, 5) is 15.9. The van der Waals surface area contributed by atoms with Gasteiger partial charge in [-0.25, -0.2) is 4.98 Å². The molecule has 1 aliphatic carbocycles. The summed E-state index contributed by atoms with van der Waals surface area (Å²) in [6.45, 7) is 14.6. The van der Waals surface area contributed by atoms with E-state index in [2.05, 4.69) is 233 Å². The molecule has 332 valence electrons. The largest absolute Gasteiger partial charge is 0.307 e. The van der Waals surface area contributed by atoms with Crippen molar-refractivity contribution < 1.29 is 0 Å². The number of hydrogen-bond donors (Lipinski definition) is 0. The standard InChI is InChI=1S/C64H51N5/c1-62(2)53-24-16-23-48(56(53)63(3,4)64(62,5)6)43-30-27-41(28-31-43)42-33-35-47(36-34-42)68-54-25-14-12-21-49(54)51-37-38-52-50-22-13-15-26-55(50)69(58(52)57(51)68)61-66-59(44-18-8-7-9-19-44)65-60(67-61)46-32-29-40-17-10-11-20-45(40)39-46/h7-39H,1-6H3. The topological polar surface area (TPSA) is 48.5 Å². The van der Waals surface area contributed by atoms with E-state index in [1.54, 1.807) is 0 Å². The first-order valence-corrected chi connectivity index (χ1v) is 24.1. The summed E-state index contributed by atoms with van der Waals surface area (Å²) in [5, 5.41) is 6.92. The van der Waals surface area contributed by atoms with Crippen molar-refractivity contribution in [2.75, 3.05) is 0 Å². The van der Waals surface area contributed by atoms with Crippen LogP contribution >= 0.6 is 0 Å². The minimum Gasteiger partial charge on any atom is -0.307 e. The summed E-state index contributed by atoms with van der Waals surface area (Å²) < 4.78 is 4.70. The summed E-state index contributed by atoms with van der Waals surface area (Å²) in [6.07, 6.45) is 0. The minimum absolute atomic E-state index is 0.0148. The molecule has 9 aromatic carbocycles. The molecule has 3 heterocycles. The van der Waals surface area contributed by atoms with Crippen LogP contribution in [0.25, 0.3) is 111 Å². The molecule has 13 rings (SSSR count). The van der Waals surface area contributed by atoms with Crippen molar-refractivity contribution in [1.82, 2.24) is 24.1 Å². The zero-order valence-corrected chi connectivity index (χ0v) is 39.8. The van der Waals surface area contributed by atoms with Gasteiger partial charge in [0.25, 0.3) is 0 Å². The van der Waals surface area contributed by atoms with Gasteiger partial charge in [0.15, 0.2) is 11.6 Å². The Morgan fingerprint density at radius 3 is 1.58 bits per heavy atom. The average molecular weight is 890 g/mol. The van der Waals surface area contributed by atoms with Gasteiger partial charge in [0.2, 0.25) is 5.95 Å². The van der Waals surface area contributed by atoms with E-state index in [0.717, 1.165) is 60.4 Å². The van der Waals surface area contributed by atoms with E-state index in [1.165, 1.54) is 44.2 Å². The molecule has 1 aliphatic rings. The zero-order chi connectivity index (χ0) is 46.8. The molecular formula is C64H51N5. The molecule has 0 radical (unpaired) electrons. The lowest BCUT2D eigenvalue weighted by Crippen LogP contribution is -2.42. The number of aromatic nitrogens is 5. The number of nitrogens with zero attached hydrogens (tertiary/aromatic N) is 5. The first-order chi connectivity index (χ1) is 33.5. The fourth-order valence-corrected chi connectivity index (χ4v) is 11.7. The monoisotopic (exact) mass is 889 g/mol. The highest BCUT2D eigenvalue weighted by molar-refractivity contribution is 6.23. The highest BCUT2D eigenvalue weighted by atomic mass is 15.2. The molecule has 0 unspecified atom stereocenters. The van der Waals surface area contributed by atoms with Crippen molar-refractivity contribution in [3.05, 3.63) is 211 Å². The first-order valence-electron chi connectivity index (χ1n) is 24.1. The summed E-state index contributed by atoms with van der Waals surface area (Å²) in [5.74, 6) is 1.81. The lowest BCUT2D eigenvalue weighted by Gasteiger charge is -2.44. The molecule has 0 amide bonds. The maximum atomic E-state index is 5.38. The third kappa shape index (κ3) is 5.99. The predicted octanol–water partition coefficient (Wildman–Crippen LogP) is 16.5. The van der Waals surface area contributed by atoms with Crippen molar-refractivity contribution in [2.45, 2.75) is 52.4 Å². The van der Waals surface area contributed by atoms with Crippen LogP contribution in [0.5, 0.6) is 0 Å². The quantitative estimate of drug-likeness (QED) is 0.167. The molecule has 5 heteroatoms. The van der Waals surface area contributed by atoms with Crippen molar-refractivity contribution in [3.63, 3.8) is 0 Å². The third-order valence-electron chi connectivity index (χ3n) is 16.5. The van der Waals surface area contributed by atoms with Gasteiger partial charge in [0, 0.05) is 38.4 Å². The van der Waals surface area contributed by atoms with Crippen LogP contribution in [0.2, 0.25) is 0 Å². The van der Waals surface area contributed by atoms with Crippen molar-refractivity contribution in [2.24, 2.45) is 5.41 Å². The normalized spacial score (nSPS) is 14.9. The maximum absolute atomic E-state index is 5.38. The lowest BCUT2D eigenvalue weighted by atomic mass is 9.59. The van der Waals surface area contributed by atoms with E-state index in [-0.39, 0.29) is 16.2 Å². The second-order valence-corrected chi connectivity index (χ2v) is 20.5. The molecule has 0 N–H and O–H groups in total. The molecule has 5 nitrogen and oxygen atoms in total. The van der Waals surface area contributed by atoms with Crippen LogP contribution in [0, 0.1) is 5.41 Å². The van der Waals surface area contributed by atoms with E-state index in [1.807, 2.05) is 18.2 Å². The second kappa shape index (κ2) is 14.9. The predicted molar refractivity (Wildman–Crippen MR) is 288 cm³/mol. The van der Waals surface area contributed by atoms with Crippen LogP contribution in [-0.2, 0) is 10.8 Å². The van der Waals surface area contributed by atoms with Crippen LogP contribution in [0.4, 0.5) is 0 Å². The van der Waals surface area contributed by atoms with Gasteiger partial charge < -0.3 is 4.57 Å². The van der Waals surface area contributed by atoms with E-state index in [4.69, 9.17) is 15.0 Å². The summed E-state index contributed by atoms with van der Waals surface area (Å²) in [5.41, 5.74) is 15.3. The van der Waals surface area contributed by atoms with Crippen molar-refractivity contribution >= 4 is 54.4 Å². The van der Waals surface area contributed by atoms with E-state index in [9.17, 15) is 0 Å². The van der Waals surface area contributed by atoms with E-state index in [0.29, 0.717) is 17.6 Å². The van der Waals surface area contributed by atoms with Gasteiger partial charge in [-0.3, -0.25) is 4.57 Å². The fourth-order valence-electron chi connectivity index (χ4n) is 11.7. The van der Waals surface area contributed by atoms with Gasteiger partial charge in [-0.2, -0.15) is 9.97 Å². The van der Waals surface area contributed by atoms with Crippen LogP contribution < -0.4 is 0 Å². The molecule has 0 saturated heterocycles. The van der Waals surface area contributed by atoms with Crippen LogP contribution in [0.15, 0.2) is 200 Å². The number of rotatable bonds is 6. The Balaban J connectivity index is 0.983. The van der Waals surface area contributed by atoms with Gasteiger partial charge in [-0.05, 0) is 90.7 Å². The van der Waals surface area contributed by atoms with Gasteiger partial charge in [-0.1, -0.05) is 211 Å². The summed E-state index contributed by atoms with van der Waals surface area (Å²) in [6, 6.07) is 72.2. The Hall–Kier alpha value is -8.15. The molecule has 0 spiro atoms.